The summed E-state index contributed by atoms with van der Waals surface area (Å²) in [6.07, 6.45) is 2.56. The molecule has 19 heavy (non-hydrogen) atoms. The third-order valence-electron chi connectivity index (χ3n) is 2.76. The molecular formula is C15H25N3O. The van der Waals surface area contributed by atoms with Crippen LogP contribution < -0.4 is 10.6 Å². The fourth-order valence-corrected chi connectivity index (χ4v) is 1.75. The van der Waals surface area contributed by atoms with Crippen LogP contribution in [0.4, 0.5) is 11.4 Å². The maximum absolute atomic E-state index is 11.4. The molecule has 0 saturated heterocycles. The Hall–Kier alpha value is -1.55. The minimum atomic E-state index is 0.0780. The van der Waals surface area contributed by atoms with Gasteiger partial charge in [0.05, 0.1) is 0 Å². The lowest BCUT2D eigenvalue weighted by molar-refractivity contribution is -0.116. The predicted molar refractivity (Wildman–Crippen MR) is 81.6 cm³/mol. The quantitative estimate of drug-likeness (QED) is 0.709. The first-order chi connectivity index (χ1) is 9.11. The molecule has 0 bridgehead atoms. The Labute approximate surface area is 116 Å². The average Bonchev–Trinajstić information content (AvgIpc) is 2.36. The molecule has 1 amide bonds. The fraction of sp³-hybridized carbons (Fsp3) is 0.533. The fourth-order valence-electron chi connectivity index (χ4n) is 1.75. The van der Waals surface area contributed by atoms with Crippen molar-refractivity contribution in [1.29, 1.82) is 0 Å². The Kier molecular flexibility index (Phi) is 6.97. The van der Waals surface area contributed by atoms with Crippen LogP contribution in [0, 0.1) is 0 Å². The first-order valence-corrected chi connectivity index (χ1v) is 6.90. The number of carbonyl (C=O) groups excluding carboxylic acids is 1. The molecule has 0 saturated carbocycles. The number of benzene rings is 1. The topological polar surface area (TPSA) is 44.4 Å². The Bertz CT molecular complexity index is 373. The highest BCUT2D eigenvalue weighted by Crippen LogP contribution is 2.13. The Morgan fingerprint density at radius 3 is 2.37 bits per heavy atom. The van der Waals surface area contributed by atoms with Crippen LogP contribution in [0.2, 0.25) is 0 Å². The zero-order valence-electron chi connectivity index (χ0n) is 12.2. The Morgan fingerprint density at radius 1 is 1.16 bits per heavy atom. The molecule has 1 aromatic rings. The number of hydrogen-bond acceptors (Lipinski definition) is 3. The molecule has 0 aliphatic rings. The Morgan fingerprint density at radius 2 is 1.79 bits per heavy atom. The summed E-state index contributed by atoms with van der Waals surface area (Å²) >= 11 is 0. The molecule has 0 fully saturated rings. The summed E-state index contributed by atoms with van der Waals surface area (Å²) in [5.41, 5.74) is 1.95. The summed E-state index contributed by atoms with van der Waals surface area (Å²) < 4.78 is 0. The van der Waals surface area contributed by atoms with E-state index < -0.39 is 0 Å². The van der Waals surface area contributed by atoms with Gasteiger partial charge < -0.3 is 15.5 Å². The number of anilines is 2. The maximum atomic E-state index is 11.4. The number of rotatable bonds is 8. The van der Waals surface area contributed by atoms with Gasteiger partial charge in [0, 0.05) is 24.3 Å². The second-order valence-corrected chi connectivity index (χ2v) is 4.96. The molecule has 2 N–H and O–H groups in total. The average molecular weight is 263 g/mol. The van der Waals surface area contributed by atoms with E-state index in [2.05, 4.69) is 29.6 Å². The van der Waals surface area contributed by atoms with Crippen molar-refractivity contribution in [2.45, 2.75) is 26.2 Å². The van der Waals surface area contributed by atoms with Gasteiger partial charge in [-0.3, -0.25) is 4.79 Å². The van der Waals surface area contributed by atoms with Gasteiger partial charge in [0.2, 0.25) is 5.91 Å². The van der Waals surface area contributed by atoms with E-state index in [9.17, 15) is 4.79 Å². The molecule has 1 aromatic carbocycles. The van der Waals surface area contributed by atoms with Gasteiger partial charge in [-0.1, -0.05) is 6.92 Å². The van der Waals surface area contributed by atoms with Gasteiger partial charge >= 0.3 is 0 Å². The first kappa shape index (κ1) is 15.5. The van der Waals surface area contributed by atoms with Crippen LogP contribution in [-0.4, -0.2) is 38.0 Å². The molecule has 0 atom stereocenters. The minimum absolute atomic E-state index is 0.0780. The highest BCUT2D eigenvalue weighted by molar-refractivity contribution is 5.90. The van der Waals surface area contributed by atoms with E-state index >= 15 is 0 Å². The summed E-state index contributed by atoms with van der Waals surface area (Å²) in [5.74, 6) is 0.0780. The van der Waals surface area contributed by atoms with Crippen molar-refractivity contribution >= 4 is 17.3 Å². The molecule has 1 rings (SSSR count). The van der Waals surface area contributed by atoms with E-state index in [0.717, 1.165) is 37.3 Å². The second-order valence-electron chi connectivity index (χ2n) is 4.96. The maximum Gasteiger partial charge on any atom is 0.224 e. The number of nitrogens with one attached hydrogen (secondary N) is 2. The lowest BCUT2D eigenvalue weighted by Gasteiger charge is -2.11. The predicted octanol–water partition coefficient (Wildman–Crippen LogP) is 2.79. The first-order valence-electron chi connectivity index (χ1n) is 6.90. The highest BCUT2D eigenvalue weighted by Gasteiger charge is 2.00. The number of nitrogens with zero attached hydrogens (tertiary/aromatic N) is 1. The van der Waals surface area contributed by atoms with E-state index in [1.165, 1.54) is 0 Å². The normalized spacial score (nSPS) is 10.5. The van der Waals surface area contributed by atoms with Gasteiger partial charge in [-0.25, -0.2) is 0 Å². The van der Waals surface area contributed by atoms with Crippen molar-refractivity contribution < 1.29 is 4.79 Å². The summed E-state index contributed by atoms with van der Waals surface area (Å²) in [5, 5.41) is 6.25. The van der Waals surface area contributed by atoms with Crippen LogP contribution in [0.5, 0.6) is 0 Å². The molecular weight excluding hydrogens is 238 g/mol. The Balaban J connectivity index is 2.33. The van der Waals surface area contributed by atoms with Crippen LogP contribution in [0.3, 0.4) is 0 Å². The van der Waals surface area contributed by atoms with Crippen molar-refractivity contribution in [1.82, 2.24) is 4.90 Å². The van der Waals surface area contributed by atoms with Crippen molar-refractivity contribution in [3.05, 3.63) is 24.3 Å². The van der Waals surface area contributed by atoms with Gasteiger partial charge in [0.1, 0.15) is 0 Å². The molecule has 0 aliphatic carbocycles. The largest absolute Gasteiger partial charge is 0.385 e. The van der Waals surface area contributed by atoms with Gasteiger partial charge in [-0.2, -0.15) is 0 Å². The summed E-state index contributed by atoms with van der Waals surface area (Å²) in [4.78, 5) is 13.6. The molecule has 4 heteroatoms. The number of carbonyl (C=O) groups is 1. The third-order valence-corrected chi connectivity index (χ3v) is 2.76. The molecule has 4 nitrogen and oxygen atoms in total. The standard InChI is InChI=1S/C15H25N3O/c1-4-6-15(19)17-14-9-7-13(8-10-14)16-11-5-12-18(2)3/h7-10,16H,4-6,11-12H2,1-3H3,(H,17,19). The lowest BCUT2D eigenvalue weighted by Crippen LogP contribution is -2.16. The zero-order chi connectivity index (χ0) is 14.1. The van der Waals surface area contributed by atoms with Crippen LogP contribution in [0.25, 0.3) is 0 Å². The summed E-state index contributed by atoms with van der Waals surface area (Å²) in [6, 6.07) is 7.86. The van der Waals surface area contributed by atoms with E-state index in [4.69, 9.17) is 0 Å². The van der Waals surface area contributed by atoms with Crippen LogP contribution >= 0.6 is 0 Å². The summed E-state index contributed by atoms with van der Waals surface area (Å²) in [6.45, 7) is 4.04. The molecule has 0 radical (unpaired) electrons. The summed E-state index contributed by atoms with van der Waals surface area (Å²) in [7, 11) is 4.15. The van der Waals surface area contributed by atoms with Gasteiger partial charge in [0.15, 0.2) is 0 Å². The molecule has 0 aromatic heterocycles. The van der Waals surface area contributed by atoms with E-state index in [0.29, 0.717) is 6.42 Å². The third kappa shape index (κ3) is 6.82. The molecule has 0 unspecified atom stereocenters. The van der Waals surface area contributed by atoms with Gasteiger partial charge in [0.25, 0.3) is 0 Å². The van der Waals surface area contributed by atoms with Gasteiger partial charge in [-0.05, 0) is 57.7 Å². The minimum Gasteiger partial charge on any atom is -0.385 e. The molecule has 0 aliphatic heterocycles. The number of amides is 1. The number of hydrogen-bond donors (Lipinski definition) is 2. The molecule has 0 heterocycles. The van der Waals surface area contributed by atoms with E-state index in [1.807, 2.05) is 31.2 Å². The van der Waals surface area contributed by atoms with Crippen molar-refractivity contribution in [3.8, 4) is 0 Å². The molecule has 0 spiro atoms. The smallest absolute Gasteiger partial charge is 0.224 e. The second kappa shape index (κ2) is 8.53. The highest BCUT2D eigenvalue weighted by atomic mass is 16.1. The van der Waals surface area contributed by atoms with E-state index in [-0.39, 0.29) is 5.91 Å². The van der Waals surface area contributed by atoms with Crippen LogP contribution in [0.1, 0.15) is 26.2 Å². The van der Waals surface area contributed by atoms with Gasteiger partial charge in [-0.15, -0.1) is 0 Å². The lowest BCUT2D eigenvalue weighted by atomic mass is 10.2. The van der Waals surface area contributed by atoms with Crippen LogP contribution in [0.15, 0.2) is 24.3 Å². The molecule has 106 valence electrons. The van der Waals surface area contributed by atoms with Crippen molar-refractivity contribution in [3.63, 3.8) is 0 Å². The van der Waals surface area contributed by atoms with Crippen molar-refractivity contribution in [2.24, 2.45) is 0 Å². The zero-order valence-corrected chi connectivity index (χ0v) is 12.2. The SMILES string of the molecule is CCCC(=O)Nc1ccc(NCCCN(C)C)cc1. The van der Waals surface area contributed by atoms with E-state index in [1.54, 1.807) is 0 Å². The van der Waals surface area contributed by atoms with Crippen molar-refractivity contribution in [2.75, 3.05) is 37.8 Å². The van der Waals surface area contributed by atoms with Crippen LogP contribution in [-0.2, 0) is 4.79 Å². The monoisotopic (exact) mass is 263 g/mol.